The van der Waals surface area contributed by atoms with Crippen LogP contribution in [0.3, 0.4) is 0 Å². The van der Waals surface area contributed by atoms with Crippen molar-refractivity contribution in [3.63, 3.8) is 0 Å². The number of aromatic nitrogens is 2. The second-order valence-corrected chi connectivity index (χ2v) is 8.88. The zero-order valence-electron chi connectivity index (χ0n) is 20.1. The molecule has 182 valence electrons. The maximum absolute atomic E-state index is 15.1. The van der Waals surface area contributed by atoms with Crippen LogP contribution in [0.4, 0.5) is 10.2 Å². The normalized spacial score (nSPS) is 12.1. The molecule has 0 saturated heterocycles. The molecule has 1 atom stereocenters. The van der Waals surface area contributed by atoms with Gasteiger partial charge in [-0.3, -0.25) is 9.36 Å². The summed E-state index contributed by atoms with van der Waals surface area (Å²) in [5, 5.41) is 10.9. The first-order valence-electron chi connectivity index (χ1n) is 11.6. The molecule has 2 heterocycles. The van der Waals surface area contributed by atoms with E-state index in [1.807, 2.05) is 45.0 Å². The molecule has 0 amide bonds. The Morgan fingerprint density at radius 2 is 1.97 bits per heavy atom. The van der Waals surface area contributed by atoms with Crippen LogP contribution in [-0.2, 0) is 13.0 Å². The van der Waals surface area contributed by atoms with Crippen molar-refractivity contribution < 1.29 is 9.50 Å². The van der Waals surface area contributed by atoms with E-state index in [9.17, 15) is 9.90 Å². The molecule has 0 aliphatic rings. The summed E-state index contributed by atoms with van der Waals surface area (Å²) >= 11 is 0. The van der Waals surface area contributed by atoms with Crippen LogP contribution in [0.15, 0.2) is 58.4 Å². The largest absolute Gasteiger partial charge is 0.392 e. The van der Waals surface area contributed by atoms with E-state index in [2.05, 4.69) is 9.98 Å². The van der Waals surface area contributed by atoms with Crippen molar-refractivity contribution in [2.75, 3.05) is 0 Å². The highest BCUT2D eigenvalue weighted by Gasteiger charge is 2.17. The second kappa shape index (κ2) is 9.76. The molecule has 0 fully saturated rings. The average Bonchev–Trinajstić information content (AvgIpc) is 3.15. The van der Waals surface area contributed by atoms with E-state index in [-0.39, 0.29) is 23.9 Å². The van der Waals surface area contributed by atoms with Crippen molar-refractivity contribution >= 4 is 22.5 Å². The standard InChI is InChI=1S/C27H30FN5O2/c1-4-15(2)19-12-18-8-9-33(26(35)24(18)22(28)13-19)23-7-5-6-17(21(23)14-34)11-20-10-16(3)31-25(20)32-27(29)30/h5-10,12-13,15,31,34H,4,11,14H2,1-3H3,(H4,29,30,32). The third-order valence-corrected chi connectivity index (χ3v) is 6.46. The van der Waals surface area contributed by atoms with Gasteiger partial charge >= 0.3 is 0 Å². The van der Waals surface area contributed by atoms with Crippen molar-refractivity contribution in [2.24, 2.45) is 16.5 Å². The number of nitrogens with one attached hydrogen (secondary N) is 1. The van der Waals surface area contributed by atoms with Gasteiger partial charge in [-0.25, -0.2) is 4.39 Å². The number of aliphatic hydroxyl groups is 1. The van der Waals surface area contributed by atoms with Crippen LogP contribution in [-0.4, -0.2) is 20.6 Å². The highest BCUT2D eigenvalue weighted by molar-refractivity contribution is 5.83. The van der Waals surface area contributed by atoms with Gasteiger partial charge in [-0.05, 0) is 60.0 Å². The van der Waals surface area contributed by atoms with E-state index >= 15 is 4.39 Å². The summed E-state index contributed by atoms with van der Waals surface area (Å²) in [6.07, 6.45) is 2.93. The Labute approximate surface area is 202 Å². The maximum Gasteiger partial charge on any atom is 0.265 e. The number of pyridine rings is 1. The van der Waals surface area contributed by atoms with E-state index in [1.165, 1.54) is 10.6 Å². The third kappa shape index (κ3) is 4.70. The Hall–Kier alpha value is -3.91. The molecular weight excluding hydrogens is 445 g/mol. The number of hydrogen-bond acceptors (Lipinski definition) is 3. The fourth-order valence-electron chi connectivity index (χ4n) is 4.46. The molecular formula is C27H30FN5O2. The molecule has 0 aliphatic carbocycles. The predicted molar refractivity (Wildman–Crippen MR) is 138 cm³/mol. The molecule has 0 aliphatic heterocycles. The van der Waals surface area contributed by atoms with Crippen LogP contribution in [0.2, 0.25) is 0 Å². The number of aliphatic imine (C=N–C) groups is 1. The number of aliphatic hydroxyl groups excluding tert-OH is 1. The molecule has 35 heavy (non-hydrogen) atoms. The molecule has 2 aromatic heterocycles. The van der Waals surface area contributed by atoms with Gasteiger partial charge in [-0.2, -0.15) is 4.99 Å². The van der Waals surface area contributed by atoms with Crippen LogP contribution in [0, 0.1) is 12.7 Å². The molecule has 0 radical (unpaired) electrons. The molecule has 0 spiro atoms. The first kappa shape index (κ1) is 24.2. The van der Waals surface area contributed by atoms with Crippen LogP contribution >= 0.6 is 0 Å². The van der Waals surface area contributed by atoms with E-state index in [1.54, 1.807) is 18.3 Å². The summed E-state index contributed by atoms with van der Waals surface area (Å²) in [4.78, 5) is 20.7. The van der Waals surface area contributed by atoms with Gasteiger partial charge in [0.05, 0.1) is 17.7 Å². The Balaban J connectivity index is 1.83. The van der Waals surface area contributed by atoms with Gasteiger partial charge in [0.1, 0.15) is 11.6 Å². The summed E-state index contributed by atoms with van der Waals surface area (Å²) in [7, 11) is 0. The highest BCUT2D eigenvalue weighted by atomic mass is 19.1. The summed E-state index contributed by atoms with van der Waals surface area (Å²) in [6, 6.07) is 12.4. The van der Waals surface area contributed by atoms with Crippen molar-refractivity contribution in [3.8, 4) is 5.69 Å². The zero-order valence-corrected chi connectivity index (χ0v) is 20.1. The number of fused-ring (bicyclic) bond motifs is 1. The van der Waals surface area contributed by atoms with Crippen LogP contribution in [0.5, 0.6) is 0 Å². The van der Waals surface area contributed by atoms with Gasteiger partial charge < -0.3 is 21.6 Å². The number of nitrogens with zero attached hydrogens (tertiary/aromatic N) is 2. The molecule has 4 aromatic rings. The highest BCUT2D eigenvalue weighted by Crippen LogP contribution is 2.28. The molecule has 8 heteroatoms. The predicted octanol–water partition coefficient (Wildman–Crippen LogP) is 4.27. The number of aryl methyl sites for hydroxylation is 1. The molecule has 4 rings (SSSR count). The molecule has 0 saturated carbocycles. The number of rotatable bonds is 7. The monoisotopic (exact) mass is 475 g/mol. The topological polar surface area (TPSA) is 122 Å². The van der Waals surface area contributed by atoms with Gasteiger partial charge in [0.25, 0.3) is 5.56 Å². The van der Waals surface area contributed by atoms with Crippen LogP contribution in [0.25, 0.3) is 16.5 Å². The zero-order chi connectivity index (χ0) is 25.3. The summed E-state index contributed by atoms with van der Waals surface area (Å²) in [5.74, 6) is 0.128. The lowest BCUT2D eigenvalue weighted by atomic mass is 9.96. The Bertz CT molecular complexity index is 1480. The summed E-state index contributed by atoms with van der Waals surface area (Å²) < 4.78 is 16.5. The summed E-state index contributed by atoms with van der Waals surface area (Å²) in [5.41, 5.74) is 15.1. The quantitative estimate of drug-likeness (QED) is 0.235. The SMILES string of the molecule is CCC(C)c1cc(F)c2c(=O)n(-c3cccc(Cc4cc(C)[nH]c4N=C(N)N)c3CO)ccc2c1. The Morgan fingerprint density at radius 1 is 1.20 bits per heavy atom. The summed E-state index contributed by atoms with van der Waals surface area (Å²) in [6.45, 7) is 5.68. The van der Waals surface area contributed by atoms with E-state index in [0.29, 0.717) is 28.9 Å². The number of hydrogen-bond donors (Lipinski definition) is 4. The minimum atomic E-state index is -0.538. The van der Waals surface area contributed by atoms with Gasteiger partial charge in [0, 0.05) is 29.4 Å². The number of aromatic amines is 1. The number of nitrogens with two attached hydrogens (primary N) is 2. The van der Waals surface area contributed by atoms with Gasteiger partial charge in [0.15, 0.2) is 5.96 Å². The van der Waals surface area contributed by atoms with Gasteiger partial charge in [0.2, 0.25) is 0 Å². The van der Waals surface area contributed by atoms with Crippen LogP contribution < -0.4 is 17.0 Å². The first-order valence-corrected chi connectivity index (χ1v) is 11.6. The van der Waals surface area contributed by atoms with E-state index in [0.717, 1.165) is 28.8 Å². The van der Waals surface area contributed by atoms with Crippen molar-refractivity contribution in [1.82, 2.24) is 9.55 Å². The number of halogens is 1. The minimum absolute atomic E-state index is 0.0325. The van der Waals surface area contributed by atoms with E-state index in [4.69, 9.17) is 11.5 Å². The number of H-pyrrole nitrogens is 1. The maximum atomic E-state index is 15.1. The van der Waals surface area contributed by atoms with Crippen molar-refractivity contribution in [3.05, 3.63) is 92.8 Å². The first-order chi connectivity index (χ1) is 16.7. The fourth-order valence-corrected chi connectivity index (χ4v) is 4.46. The second-order valence-electron chi connectivity index (χ2n) is 8.88. The lowest BCUT2D eigenvalue weighted by Gasteiger charge is -2.16. The average molecular weight is 476 g/mol. The minimum Gasteiger partial charge on any atom is -0.392 e. The van der Waals surface area contributed by atoms with Crippen LogP contribution in [0.1, 0.15) is 54.1 Å². The Kier molecular flexibility index (Phi) is 6.75. The molecule has 0 bridgehead atoms. The molecule has 1 unspecified atom stereocenters. The third-order valence-electron chi connectivity index (χ3n) is 6.46. The molecule has 7 nitrogen and oxygen atoms in total. The van der Waals surface area contributed by atoms with Crippen molar-refractivity contribution in [1.29, 1.82) is 0 Å². The van der Waals surface area contributed by atoms with Gasteiger partial charge in [-0.1, -0.05) is 32.0 Å². The lowest BCUT2D eigenvalue weighted by Crippen LogP contribution is -2.22. The lowest BCUT2D eigenvalue weighted by molar-refractivity contribution is 0.280. The number of guanidine groups is 1. The van der Waals surface area contributed by atoms with Crippen molar-refractivity contribution in [2.45, 2.75) is 46.1 Å². The smallest absolute Gasteiger partial charge is 0.265 e. The Morgan fingerprint density at radius 3 is 2.66 bits per heavy atom. The van der Waals surface area contributed by atoms with Gasteiger partial charge in [-0.15, -0.1) is 0 Å². The molecule has 2 aromatic carbocycles. The molecule has 6 N–H and O–H groups in total. The fraction of sp³-hybridized carbons (Fsp3) is 0.259. The van der Waals surface area contributed by atoms with E-state index < -0.39 is 11.4 Å². The number of benzene rings is 2.